The van der Waals surface area contributed by atoms with Crippen LogP contribution < -0.4 is 0 Å². The van der Waals surface area contributed by atoms with Crippen LogP contribution in [0.25, 0.3) is 0 Å². The Balaban J connectivity index is 2.60. The van der Waals surface area contributed by atoms with E-state index in [9.17, 15) is 5.11 Å². The number of rotatable bonds is 7. The molecule has 18 heavy (non-hydrogen) atoms. The molecule has 0 heterocycles. The lowest BCUT2D eigenvalue weighted by Crippen LogP contribution is -2.20. The Labute approximate surface area is 108 Å². The number of hydrogen-bond acceptors (Lipinski definition) is 4. The van der Waals surface area contributed by atoms with Gasteiger partial charge in [-0.3, -0.25) is 4.99 Å². The van der Waals surface area contributed by atoms with Gasteiger partial charge in [-0.25, -0.2) is 0 Å². The molecule has 0 aliphatic carbocycles. The normalized spacial score (nSPS) is 11.6. The molecule has 4 heteroatoms. The smallest absolute Gasteiger partial charge is 0.176 e. The van der Waals surface area contributed by atoms with E-state index in [0.29, 0.717) is 19.8 Å². The molecule has 1 rings (SSSR count). The zero-order chi connectivity index (χ0) is 13.4. The molecular weight excluding hydrogens is 230 g/mol. The van der Waals surface area contributed by atoms with Crippen LogP contribution in [0.3, 0.4) is 0 Å². The molecule has 0 aliphatic heterocycles. The first-order chi connectivity index (χ1) is 8.69. The first-order valence-corrected chi connectivity index (χ1v) is 6.20. The van der Waals surface area contributed by atoms with Crippen molar-refractivity contribution in [2.24, 2.45) is 4.99 Å². The van der Waals surface area contributed by atoms with E-state index in [2.05, 4.69) is 4.99 Å². The van der Waals surface area contributed by atoms with Gasteiger partial charge in [-0.2, -0.15) is 0 Å². The van der Waals surface area contributed by atoms with E-state index in [1.165, 1.54) is 0 Å². The summed E-state index contributed by atoms with van der Waals surface area (Å²) < 4.78 is 10.8. The summed E-state index contributed by atoms with van der Waals surface area (Å²) in [5.74, 6) is 0.283. The highest BCUT2D eigenvalue weighted by Crippen LogP contribution is 2.17. The average molecular weight is 251 g/mol. The largest absolute Gasteiger partial charge is 0.508 e. The predicted molar refractivity (Wildman–Crippen MR) is 72.3 cm³/mol. The van der Waals surface area contributed by atoms with E-state index < -0.39 is 0 Å². The van der Waals surface area contributed by atoms with Gasteiger partial charge in [0.1, 0.15) is 5.75 Å². The van der Waals surface area contributed by atoms with Crippen LogP contribution in [0.2, 0.25) is 0 Å². The van der Waals surface area contributed by atoms with Crippen LogP contribution in [0.5, 0.6) is 5.75 Å². The van der Waals surface area contributed by atoms with E-state index in [-0.39, 0.29) is 12.0 Å². The summed E-state index contributed by atoms with van der Waals surface area (Å²) in [5, 5.41) is 9.57. The number of ether oxygens (including phenoxy) is 2. The van der Waals surface area contributed by atoms with Gasteiger partial charge in [0.15, 0.2) is 6.29 Å². The minimum atomic E-state index is -0.297. The molecule has 4 nitrogen and oxygen atoms in total. The van der Waals surface area contributed by atoms with Gasteiger partial charge in [-0.05, 0) is 38.0 Å². The summed E-state index contributed by atoms with van der Waals surface area (Å²) in [6, 6.07) is 5.37. The maximum Gasteiger partial charge on any atom is 0.176 e. The van der Waals surface area contributed by atoms with E-state index in [0.717, 1.165) is 11.1 Å². The van der Waals surface area contributed by atoms with Gasteiger partial charge in [0, 0.05) is 19.4 Å². The molecule has 0 atom stereocenters. The highest BCUT2D eigenvalue weighted by molar-refractivity contribution is 5.82. The number of phenolic OH excluding ortho intramolecular Hbond substituents is 1. The summed E-state index contributed by atoms with van der Waals surface area (Å²) in [7, 11) is 0. The topological polar surface area (TPSA) is 51.0 Å². The summed E-state index contributed by atoms with van der Waals surface area (Å²) >= 11 is 0. The van der Waals surface area contributed by atoms with Crippen LogP contribution in [-0.4, -0.2) is 37.4 Å². The second-order valence-corrected chi connectivity index (χ2v) is 3.83. The number of nitrogens with zero attached hydrogens (tertiary/aromatic N) is 1. The van der Waals surface area contributed by atoms with Crippen LogP contribution in [0.4, 0.5) is 0 Å². The zero-order valence-electron chi connectivity index (χ0n) is 11.2. The Kier molecular flexibility index (Phi) is 6.39. The van der Waals surface area contributed by atoms with Crippen molar-refractivity contribution in [1.82, 2.24) is 0 Å². The Hall–Kier alpha value is -1.39. The van der Waals surface area contributed by atoms with Crippen molar-refractivity contribution in [3.63, 3.8) is 0 Å². The Bertz CT molecular complexity index is 385. The lowest BCUT2D eigenvalue weighted by Gasteiger charge is -2.14. The molecule has 0 radical (unpaired) electrons. The van der Waals surface area contributed by atoms with E-state index in [4.69, 9.17) is 9.47 Å². The summed E-state index contributed by atoms with van der Waals surface area (Å²) in [5.41, 5.74) is 1.73. The van der Waals surface area contributed by atoms with Crippen molar-refractivity contribution < 1.29 is 14.6 Å². The third-order valence-corrected chi connectivity index (χ3v) is 2.54. The molecular formula is C14H21NO3. The van der Waals surface area contributed by atoms with Gasteiger partial charge in [0.25, 0.3) is 0 Å². The summed E-state index contributed by atoms with van der Waals surface area (Å²) in [4.78, 5) is 4.30. The van der Waals surface area contributed by atoms with Crippen LogP contribution >= 0.6 is 0 Å². The minimum absolute atomic E-state index is 0.283. The monoisotopic (exact) mass is 251 g/mol. The number of aliphatic imine (C=N–C) groups is 1. The lowest BCUT2D eigenvalue weighted by molar-refractivity contribution is -0.128. The maximum absolute atomic E-state index is 9.57. The lowest BCUT2D eigenvalue weighted by atomic mass is 10.1. The third-order valence-electron chi connectivity index (χ3n) is 2.54. The van der Waals surface area contributed by atoms with Gasteiger partial charge in [0.2, 0.25) is 0 Å². The van der Waals surface area contributed by atoms with Crippen molar-refractivity contribution in [1.29, 1.82) is 0 Å². The van der Waals surface area contributed by atoms with Gasteiger partial charge in [0.05, 0.1) is 6.54 Å². The summed E-state index contributed by atoms with van der Waals surface area (Å²) in [6.07, 6.45) is 1.44. The fraction of sp³-hybridized carbons (Fsp3) is 0.500. The number of benzene rings is 1. The molecule has 0 aliphatic rings. The molecule has 1 N–H and O–H groups in total. The maximum atomic E-state index is 9.57. The van der Waals surface area contributed by atoms with Gasteiger partial charge < -0.3 is 14.6 Å². The molecule has 0 saturated heterocycles. The Morgan fingerprint density at radius 3 is 2.56 bits per heavy atom. The van der Waals surface area contributed by atoms with Crippen molar-refractivity contribution in [2.45, 2.75) is 27.1 Å². The van der Waals surface area contributed by atoms with Crippen molar-refractivity contribution >= 4 is 6.21 Å². The van der Waals surface area contributed by atoms with Crippen molar-refractivity contribution in [2.75, 3.05) is 19.8 Å². The Morgan fingerprint density at radius 2 is 1.94 bits per heavy atom. The molecule has 0 bridgehead atoms. The highest BCUT2D eigenvalue weighted by atomic mass is 16.7. The first kappa shape index (κ1) is 14.7. The Morgan fingerprint density at radius 1 is 1.28 bits per heavy atom. The van der Waals surface area contributed by atoms with Crippen LogP contribution in [0, 0.1) is 6.92 Å². The molecule has 0 spiro atoms. The fourth-order valence-corrected chi connectivity index (χ4v) is 1.54. The number of phenols is 1. The molecule has 0 amide bonds. The predicted octanol–water partition coefficient (Wildman–Crippen LogP) is 2.52. The van der Waals surface area contributed by atoms with Crippen LogP contribution in [-0.2, 0) is 9.47 Å². The molecule has 0 fully saturated rings. The standard InChI is InChI=1S/C14H21NO3/c1-4-17-14(18-5-2)10-15-9-12-7-6-8-13(16)11(12)3/h6-9,14,16H,4-5,10H2,1-3H3/b15-9+. The average Bonchev–Trinajstić information content (AvgIpc) is 2.35. The second kappa shape index (κ2) is 7.84. The van der Waals surface area contributed by atoms with Crippen LogP contribution in [0.15, 0.2) is 23.2 Å². The first-order valence-electron chi connectivity index (χ1n) is 6.20. The zero-order valence-corrected chi connectivity index (χ0v) is 11.2. The fourth-order valence-electron chi connectivity index (χ4n) is 1.54. The molecule has 0 aromatic heterocycles. The quantitative estimate of drug-likeness (QED) is 0.598. The van der Waals surface area contributed by atoms with Crippen molar-refractivity contribution in [3.8, 4) is 5.75 Å². The molecule has 0 saturated carbocycles. The molecule has 0 unspecified atom stereocenters. The van der Waals surface area contributed by atoms with Crippen LogP contribution in [0.1, 0.15) is 25.0 Å². The van der Waals surface area contributed by atoms with E-state index in [1.54, 1.807) is 18.3 Å². The second-order valence-electron chi connectivity index (χ2n) is 3.83. The van der Waals surface area contributed by atoms with E-state index >= 15 is 0 Å². The molecule has 1 aromatic carbocycles. The number of aromatic hydroxyl groups is 1. The van der Waals surface area contributed by atoms with Gasteiger partial charge >= 0.3 is 0 Å². The SMILES string of the molecule is CCOC(C/N=C/c1cccc(O)c1C)OCC. The third kappa shape index (κ3) is 4.47. The summed E-state index contributed by atoms with van der Waals surface area (Å²) in [6.45, 7) is 7.37. The van der Waals surface area contributed by atoms with Gasteiger partial charge in [-0.15, -0.1) is 0 Å². The van der Waals surface area contributed by atoms with Crippen molar-refractivity contribution in [3.05, 3.63) is 29.3 Å². The van der Waals surface area contributed by atoms with Gasteiger partial charge in [-0.1, -0.05) is 12.1 Å². The van der Waals surface area contributed by atoms with E-state index in [1.807, 2.05) is 26.8 Å². The number of hydrogen-bond donors (Lipinski definition) is 1. The minimum Gasteiger partial charge on any atom is -0.508 e. The highest BCUT2D eigenvalue weighted by Gasteiger charge is 2.06. The molecule has 100 valence electrons. The molecule has 1 aromatic rings.